The molecule has 0 aliphatic carbocycles. The van der Waals surface area contributed by atoms with E-state index in [2.05, 4.69) is 15.3 Å². The molecule has 0 bridgehead atoms. The Morgan fingerprint density at radius 1 is 1.02 bits per heavy atom. The van der Waals surface area contributed by atoms with Crippen LogP contribution in [0, 0.1) is 0 Å². The summed E-state index contributed by atoms with van der Waals surface area (Å²) in [7, 11) is -4.03. The van der Waals surface area contributed by atoms with Gasteiger partial charge in [0, 0.05) is 43.4 Å². The number of rotatable bonds is 4. The number of amides is 2. The highest BCUT2D eigenvalue weighted by molar-refractivity contribution is 7.89. The van der Waals surface area contributed by atoms with Crippen LogP contribution < -0.4 is 5.32 Å². The number of hydrogen-bond acceptors (Lipinski definition) is 6. The minimum Gasteiger partial charge on any atom is -0.330 e. The first-order valence-electron chi connectivity index (χ1n) is 12.7. The van der Waals surface area contributed by atoms with Crippen molar-refractivity contribution in [1.82, 2.24) is 14.5 Å². The molecule has 2 aromatic carbocycles. The van der Waals surface area contributed by atoms with Crippen molar-refractivity contribution in [1.29, 1.82) is 0 Å². The Kier molecular flexibility index (Phi) is 7.25. The number of sulfonamides is 1. The summed E-state index contributed by atoms with van der Waals surface area (Å²) in [5, 5.41) is 2.69. The van der Waals surface area contributed by atoms with Crippen LogP contribution >= 0.6 is 0 Å². The fourth-order valence-corrected chi connectivity index (χ4v) is 6.18. The summed E-state index contributed by atoms with van der Waals surface area (Å²) in [4.78, 5) is 33.6. The number of benzene rings is 2. The molecule has 3 aliphatic rings. The van der Waals surface area contributed by atoms with E-state index < -0.39 is 22.1 Å². The molecule has 9 nitrogen and oxygen atoms in total. The molecule has 0 radical (unpaired) electrons. The van der Waals surface area contributed by atoms with E-state index in [4.69, 9.17) is 0 Å². The van der Waals surface area contributed by atoms with Gasteiger partial charge in [-0.3, -0.25) is 19.2 Å². The number of aryl methyl sites for hydroxylation is 1. The van der Waals surface area contributed by atoms with Crippen LogP contribution in [-0.2, 0) is 34.2 Å². The lowest BCUT2D eigenvalue weighted by Crippen LogP contribution is -2.43. The normalized spacial score (nSPS) is 17.2. The van der Waals surface area contributed by atoms with Crippen molar-refractivity contribution in [2.75, 3.05) is 19.6 Å². The third-order valence-electron chi connectivity index (χ3n) is 7.06. The SMILES string of the molecule is CCc1ccc(C(=O)NC2=NCC3=CN(S(=O)(=O)c4ccc5c(c4)CN(C(=O)C(F)(F)F)CC5)CCC3=N2)cc1. The summed E-state index contributed by atoms with van der Waals surface area (Å²) in [6.07, 6.45) is -2.21. The van der Waals surface area contributed by atoms with Crippen molar-refractivity contribution in [3.63, 3.8) is 0 Å². The van der Waals surface area contributed by atoms with Crippen LogP contribution in [0.2, 0.25) is 0 Å². The number of hydrogen-bond donors (Lipinski definition) is 1. The second-order valence-electron chi connectivity index (χ2n) is 9.63. The van der Waals surface area contributed by atoms with E-state index >= 15 is 0 Å². The number of carbonyl (C=O) groups is 2. The van der Waals surface area contributed by atoms with Crippen molar-refractivity contribution >= 4 is 33.5 Å². The lowest BCUT2D eigenvalue weighted by Gasteiger charge is -2.31. The molecular formula is C27H26F3N5O4S. The van der Waals surface area contributed by atoms with Crippen LogP contribution in [0.15, 0.2) is 69.1 Å². The molecule has 0 saturated heterocycles. The topological polar surface area (TPSA) is 112 Å². The molecule has 3 aliphatic heterocycles. The van der Waals surface area contributed by atoms with Gasteiger partial charge in [0.2, 0.25) is 5.96 Å². The molecule has 2 amide bonds. The minimum atomic E-state index is -4.99. The number of aliphatic imine (C=N–C) groups is 2. The van der Waals surface area contributed by atoms with E-state index in [0.717, 1.165) is 12.0 Å². The van der Waals surface area contributed by atoms with E-state index in [1.807, 2.05) is 19.1 Å². The largest absolute Gasteiger partial charge is 0.471 e. The maximum atomic E-state index is 13.4. The summed E-state index contributed by atoms with van der Waals surface area (Å²) < 4.78 is 66.7. The highest BCUT2D eigenvalue weighted by Crippen LogP contribution is 2.29. The molecule has 0 spiro atoms. The first-order chi connectivity index (χ1) is 19.0. The zero-order valence-corrected chi connectivity index (χ0v) is 22.3. The highest BCUT2D eigenvalue weighted by Gasteiger charge is 2.43. The van der Waals surface area contributed by atoms with Crippen molar-refractivity contribution in [2.24, 2.45) is 9.98 Å². The average molecular weight is 574 g/mol. The predicted molar refractivity (Wildman–Crippen MR) is 141 cm³/mol. The fourth-order valence-electron chi connectivity index (χ4n) is 4.78. The Hall–Kier alpha value is -4.00. The van der Waals surface area contributed by atoms with E-state index in [1.165, 1.54) is 22.6 Å². The molecule has 40 heavy (non-hydrogen) atoms. The Morgan fingerprint density at radius 2 is 1.77 bits per heavy atom. The van der Waals surface area contributed by atoms with Crippen LogP contribution in [0.3, 0.4) is 0 Å². The van der Waals surface area contributed by atoms with Gasteiger partial charge in [-0.2, -0.15) is 13.2 Å². The first kappa shape index (κ1) is 27.6. The second-order valence-corrected chi connectivity index (χ2v) is 11.5. The molecule has 0 fully saturated rings. The number of alkyl halides is 3. The van der Waals surface area contributed by atoms with Crippen LogP contribution in [0.25, 0.3) is 0 Å². The van der Waals surface area contributed by atoms with Gasteiger partial charge < -0.3 is 4.90 Å². The number of guanidine groups is 1. The zero-order chi connectivity index (χ0) is 28.7. The lowest BCUT2D eigenvalue weighted by molar-refractivity contribution is -0.186. The molecule has 1 N–H and O–H groups in total. The summed E-state index contributed by atoms with van der Waals surface area (Å²) in [5.74, 6) is -2.14. The summed E-state index contributed by atoms with van der Waals surface area (Å²) in [6.45, 7) is 1.82. The van der Waals surface area contributed by atoms with E-state index in [9.17, 15) is 31.2 Å². The monoisotopic (exact) mass is 573 g/mol. The molecule has 210 valence electrons. The van der Waals surface area contributed by atoms with Gasteiger partial charge in [0.25, 0.3) is 15.9 Å². The average Bonchev–Trinajstić information content (AvgIpc) is 2.95. The highest BCUT2D eigenvalue weighted by atomic mass is 32.2. The van der Waals surface area contributed by atoms with E-state index in [-0.39, 0.29) is 55.8 Å². The third kappa shape index (κ3) is 5.51. The van der Waals surface area contributed by atoms with Crippen LogP contribution in [0.5, 0.6) is 0 Å². The predicted octanol–water partition coefficient (Wildman–Crippen LogP) is 3.21. The molecule has 0 unspecified atom stereocenters. The number of halogens is 3. The number of nitrogens with one attached hydrogen (secondary N) is 1. The molecule has 2 aromatic rings. The molecule has 0 atom stereocenters. The number of carbonyl (C=O) groups excluding carboxylic acids is 2. The Labute approximate surface area is 229 Å². The van der Waals surface area contributed by atoms with Crippen LogP contribution in [0.4, 0.5) is 13.2 Å². The molecule has 0 aromatic heterocycles. The maximum Gasteiger partial charge on any atom is 0.471 e. The third-order valence-corrected chi connectivity index (χ3v) is 8.81. The molecule has 13 heteroatoms. The maximum absolute atomic E-state index is 13.4. The summed E-state index contributed by atoms with van der Waals surface area (Å²) in [6, 6.07) is 11.6. The number of nitrogens with zero attached hydrogens (tertiary/aromatic N) is 4. The van der Waals surface area contributed by atoms with Crippen molar-refractivity contribution < 1.29 is 31.2 Å². The van der Waals surface area contributed by atoms with Crippen LogP contribution in [-0.4, -0.2) is 66.9 Å². The fraction of sp³-hybridized carbons (Fsp3) is 0.333. The van der Waals surface area contributed by atoms with Gasteiger partial charge in [0.1, 0.15) is 0 Å². The molecule has 3 heterocycles. The quantitative estimate of drug-likeness (QED) is 0.606. The van der Waals surface area contributed by atoms with Gasteiger partial charge in [0.05, 0.1) is 17.2 Å². The molecular weight excluding hydrogens is 547 g/mol. The van der Waals surface area contributed by atoms with Crippen molar-refractivity contribution in [3.8, 4) is 0 Å². The smallest absolute Gasteiger partial charge is 0.330 e. The van der Waals surface area contributed by atoms with Gasteiger partial charge in [-0.25, -0.2) is 18.4 Å². The minimum absolute atomic E-state index is 0.0776. The Morgan fingerprint density at radius 3 is 2.48 bits per heavy atom. The van der Waals surface area contributed by atoms with E-state index in [0.29, 0.717) is 32.9 Å². The lowest BCUT2D eigenvalue weighted by atomic mass is 10.00. The van der Waals surface area contributed by atoms with Crippen molar-refractivity contribution in [3.05, 3.63) is 76.5 Å². The Bertz CT molecular complexity index is 1560. The van der Waals surface area contributed by atoms with Gasteiger partial charge >= 0.3 is 12.1 Å². The molecule has 0 saturated carbocycles. The van der Waals surface area contributed by atoms with Gasteiger partial charge in [-0.15, -0.1) is 0 Å². The summed E-state index contributed by atoms with van der Waals surface area (Å²) in [5.41, 5.74) is 3.85. The summed E-state index contributed by atoms with van der Waals surface area (Å²) >= 11 is 0. The first-order valence-corrected chi connectivity index (χ1v) is 14.1. The molecule has 5 rings (SSSR count). The Balaban J connectivity index is 1.29. The van der Waals surface area contributed by atoms with Crippen molar-refractivity contribution in [2.45, 2.75) is 43.8 Å². The zero-order valence-electron chi connectivity index (χ0n) is 21.5. The number of fused-ring (bicyclic) bond motifs is 2. The standard InChI is InChI=1S/C27H26F3N5O4S/c1-2-17-3-5-19(6-4-17)24(36)33-26-31-14-21-16-35(12-10-23(21)32-26)40(38,39)22-8-7-18-9-11-34(15-20(18)13-22)25(37)27(28,29)30/h3-8,13,16H,2,9-12,14-15H2,1H3,(H,31,33,36). The van der Waals surface area contributed by atoms with E-state index in [1.54, 1.807) is 18.2 Å². The van der Waals surface area contributed by atoms with Gasteiger partial charge in [-0.1, -0.05) is 25.1 Å². The van der Waals surface area contributed by atoms with Gasteiger partial charge in [-0.05, 0) is 53.8 Å². The van der Waals surface area contributed by atoms with Gasteiger partial charge in [0.15, 0.2) is 0 Å². The van der Waals surface area contributed by atoms with Crippen LogP contribution in [0.1, 0.15) is 40.4 Å². The second kappa shape index (κ2) is 10.5.